The van der Waals surface area contributed by atoms with Crippen LogP contribution < -0.4 is 10.1 Å². The van der Waals surface area contributed by atoms with Gasteiger partial charge < -0.3 is 14.6 Å². The Morgan fingerprint density at radius 2 is 2.11 bits per heavy atom. The third kappa shape index (κ3) is 1.47. The topological polar surface area (TPSA) is 26.2 Å². The van der Waals surface area contributed by atoms with Crippen LogP contribution in [0.2, 0.25) is 0 Å². The number of ether oxygens (including phenoxy) is 1. The van der Waals surface area contributed by atoms with Gasteiger partial charge >= 0.3 is 0 Å². The van der Waals surface area contributed by atoms with Crippen molar-refractivity contribution >= 4 is 10.9 Å². The van der Waals surface area contributed by atoms with Gasteiger partial charge in [-0.25, -0.2) is 0 Å². The normalized spacial score (nSPS) is 17.8. The van der Waals surface area contributed by atoms with E-state index in [1.807, 2.05) is 0 Å². The summed E-state index contributed by atoms with van der Waals surface area (Å²) in [6, 6.07) is 6.38. The van der Waals surface area contributed by atoms with Crippen molar-refractivity contribution < 1.29 is 4.74 Å². The molecule has 3 nitrogen and oxygen atoms in total. The Morgan fingerprint density at radius 1 is 1.33 bits per heavy atom. The zero-order chi connectivity index (χ0) is 12.9. The molecule has 18 heavy (non-hydrogen) atoms. The number of benzene rings is 1. The smallest absolute Gasteiger partial charge is 0.120 e. The Bertz CT molecular complexity index is 610. The maximum atomic E-state index is 5.33. The van der Waals surface area contributed by atoms with Gasteiger partial charge in [0.1, 0.15) is 5.75 Å². The second kappa shape index (κ2) is 3.75. The third-order valence-electron chi connectivity index (χ3n) is 4.07. The van der Waals surface area contributed by atoms with Crippen LogP contribution in [0.1, 0.15) is 25.1 Å². The summed E-state index contributed by atoms with van der Waals surface area (Å²) in [5.74, 6) is 0.922. The highest BCUT2D eigenvalue weighted by molar-refractivity contribution is 5.88. The van der Waals surface area contributed by atoms with E-state index in [-0.39, 0.29) is 5.41 Å². The summed E-state index contributed by atoms with van der Waals surface area (Å²) >= 11 is 0. The number of aromatic nitrogens is 1. The molecule has 3 heteroatoms. The molecular weight excluding hydrogens is 224 g/mol. The van der Waals surface area contributed by atoms with E-state index in [0.29, 0.717) is 0 Å². The molecule has 1 aromatic carbocycles. The third-order valence-corrected chi connectivity index (χ3v) is 4.07. The molecule has 1 aromatic heterocycles. The van der Waals surface area contributed by atoms with Crippen LogP contribution in [0.3, 0.4) is 0 Å². The molecule has 0 saturated carbocycles. The van der Waals surface area contributed by atoms with Crippen molar-refractivity contribution in [1.29, 1.82) is 0 Å². The zero-order valence-electron chi connectivity index (χ0n) is 11.5. The second-order valence-corrected chi connectivity index (χ2v) is 5.75. The predicted octanol–water partition coefficient (Wildman–Crippen LogP) is 2.57. The Hall–Kier alpha value is -1.48. The number of hydrogen-bond donors (Lipinski definition) is 1. The fourth-order valence-electron chi connectivity index (χ4n) is 3.14. The van der Waals surface area contributed by atoms with Crippen LogP contribution in [0.15, 0.2) is 18.2 Å². The zero-order valence-corrected chi connectivity index (χ0v) is 11.5. The minimum Gasteiger partial charge on any atom is -0.497 e. The molecule has 0 fully saturated rings. The lowest BCUT2D eigenvalue weighted by atomic mass is 9.80. The van der Waals surface area contributed by atoms with Gasteiger partial charge in [0.2, 0.25) is 0 Å². The molecule has 1 aliphatic heterocycles. The van der Waals surface area contributed by atoms with Crippen LogP contribution in [0, 0.1) is 0 Å². The van der Waals surface area contributed by atoms with Gasteiger partial charge in [-0.3, -0.25) is 0 Å². The first kappa shape index (κ1) is 11.6. The van der Waals surface area contributed by atoms with Crippen molar-refractivity contribution in [1.82, 2.24) is 9.88 Å². The standard InChI is InChI=1S/C15H20N2O/c1-15(2)9-16-8-13-14(15)11-6-5-10(18-4)7-12(11)17(13)3/h5-7,16H,8-9H2,1-4H3. The van der Waals surface area contributed by atoms with Gasteiger partial charge in [0, 0.05) is 42.7 Å². The summed E-state index contributed by atoms with van der Waals surface area (Å²) < 4.78 is 7.63. The molecule has 0 bridgehead atoms. The van der Waals surface area contributed by atoms with Gasteiger partial charge in [0.15, 0.2) is 0 Å². The molecule has 0 aliphatic carbocycles. The number of fused-ring (bicyclic) bond motifs is 3. The summed E-state index contributed by atoms with van der Waals surface area (Å²) in [6.45, 7) is 6.60. The molecule has 0 amide bonds. The van der Waals surface area contributed by atoms with Crippen LogP contribution >= 0.6 is 0 Å². The first-order chi connectivity index (χ1) is 8.54. The molecule has 2 heterocycles. The number of hydrogen-bond acceptors (Lipinski definition) is 2. The van der Waals surface area contributed by atoms with Gasteiger partial charge in [-0.1, -0.05) is 13.8 Å². The number of nitrogens with zero attached hydrogens (tertiary/aromatic N) is 1. The van der Waals surface area contributed by atoms with Crippen molar-refractivity contribution in [3.63, 3.8) is 0 Å². The molecule has 1 aliphatic rings. The lowest BCUT2D eigenvalue weighted by Gasteiger charge is -2.31. The number of nitrogens with one attached hydrogen (secondary N) is 1. The first-order valence-electron chi connectivity index (χ1n) is 6.41. The highest BCUT2D eigenvalue weighted by atomic mass is 16.5. The number of aryl methyl sites for hydroxylation is 1. The Kier molecular flexibility index (Phi) is 2.42. The molecule has 0 unspecified atom stereocenters. The molecule has 3 rings (SSSR count). The highest BCUT2D eigenvalue weighted by Crippen LogP contribution is 2.38. The molecule has 96 valence electrons. The molecule has 0 radical (unpaired) electrons. The van der Waals surface area contributed by atoms with E-state index in [1.54, 1.807) is 7.11 Å². The van der Waals surface area contributed by atoms with Gasteiger partial charge in [0.05, 0.1) is 12.6 Å². The maximum Gasteiger partial charge on any atom is 0.120 e. The van der Waals surface area contributed by atoms with E-state index in [4.69, 9.17) is 4.74 Å². The van der Waals surface area contributed by atoms with Crippen LogP contribution in [-0.2, 0) is 19.0 Å². The van der Waals surface area contributed by atoms with E-state index in [9.17, 15) is 0 Å². The van der Waals surface area contributed by atoms with E-state index in [0.717, 1.165) is 18.8 Å². The van der Waals surface area contributed by atoms with Crippen molar-refractivity contribution in [3.8, 4) is 5.75 Å². The quantitative estimate of drug-likeness (QED) is 0.834. The average Bonchev–Trinajstić information content (AvgIpc) is 2.64. The second-order valence-electron chi connectivity index (χ2n) is 5.75. The van der Waals surface area contributed by atoms with Gasteiger partial charge in [-0.15, -0.1) is 0 Å². The largest absolute Gasteiger partial charge is 0.497 e. The van der Waals surface area contributed by atoms with E-state index >= 15 is 0 Å². The van der Waals surface area contributed by atoms with Crippen LogP contribution in [0.4, 0.5) is 0 Å². The molecule has 0 spiro atoms. The maximum absolute atomic E-state index is 5.33. The van der Waals surface area contributed by atoms with Crippen molar-refractivity contribution in [2.45, 2.75) is 25.8 Å². The minimum absolute atomic E-state index is 0.182. The lowest BCUT2D eigenvalue weighted by Crippen LogP contribution is -2.38. The first-order valence-corrected chi connectivity index (χ1v) is 6.41. The summed E-state index contributed by atoms with van der Waals surface area (Å²) in [6.07, 6.45) is 0. The predicted molar refractivity (Wildman–Crippen MR) is 74.2 cm³/mol. The SMILES string of the molecule is COc1ccc2c3c(n(C)c2c1)CNCC3(C)C. The van der Waals surface area contributed by atoms with E-state index in [1.165, 1.54) is 22.2 Å². The number of methoxy groups -OCH3 is 1. The Morgan fingerprint density at radius 3 is 2.83 bits per heavy atom. The molecule has 0 saturated heterocycles. The fraction of sp³-hybridized carbons (Fsp3) is 0.467. The van der Waals surface area contributed by atoms with Gasteiger partial charge in [-0.2, -0.15) is 0 Å². The van der Waals surface area contributed by atoms with E-state index < -0.39 is 0 Å². The minimum atomic E-state index is 0.182. The fourth-order valence-corrected chi connectivity index (χ4v) is 3.14. The monoisotopic (exact) mass is 244 g/mol. The van der Waals surface area contributed by atoms with Crippen molar-refractivity contribution in [3.05, 3.63) is 29.5 Å². The van der Waals surface area contributed by atoms with E-state index in [2.05, 4.69) is 49.0 Å². The number of rotatable bonds is 1. The van der Waals surface area contributed by atoms with Crippen molar-refractivity contribution in [2.75, 3.05) is 13.7 Å². The molecular formula is C15H20N2O. The lowest BCUT2D eigenvalue weighted by molar-refractivity contribution is 0.415. The Labute approximate surface area is 108 Å². The van der Waals surface area contributed by atoms with Gasteiger partial charge in [0.25, 0.3) is 0 Å². The molecule has 1 N–H and O–H groups in total. The summed E-state index contributed by atoms with van der Waals surface area (Å²) in [7, 11) is 3.86. The Balaban J connectivity index is 2.36. The van der Waals surface area contributed by atoms with Crippen molar-refractivity contribution in [2.24, 2.45) is 7.05 Å². The summed E-state index contributed by atoms with van der Waals surface area (Å²) in [4.78, 5) is 0. The highest BCUT2D eigenvalue weighted by Gasteiger charge is 2.32. The summed E-state index contributed by atoms with van der Waals surface area (Å²) in [5.41, 5.74) is 4.33. The van der Waals surface area contributed by atoms with Crippen LogP contribution in [0.25, 0.3) is 10.9 Å². The summed E-state index contributed by atoms with van der Waals surface area (Å²) in [5, 5.41) is 4.87. The van der Waals surface area contributed by atoms with Crippen LogP contribution in [0.5, 0.6) is 5.75 Å². The van der Waals surface area contributed by atoms with Gasteiger partial charge in [-0.05, 0) is 17.7 Å². The average molecular weight is 244 g/mol. The van der Waals surface area contributed by atoms with Crippen LogP contribution in [-0.4, -0.2) is 18.2 Å². The molecule has 2 aromatic rings. The molecule has 0 atom stereocenters.